The van der Waals surface area contributed by atoms with Gasteiger partial charge in [-0.05, 0) is 48.9 Å². The molecule has 1 aliphatic heterocycles. The van der Waals surface area contributed by atoms with Gasteiger partial charge >= 0.3 is 0 Å². The van der Waals surface area contributed by atoms with Crippen LogP contribution in [0.25, 0.3) is 0 Å². The van der Waals surface area contributed by atoms with E-state index in [1.54, 1.807) is 24.0 Å². The summed E-state index contributed by atoms with van der Waals surface area (Å²) in [5, 5.41) is 8.94. The maximum absolute atomic E-state index is 11.7. The molecule has 18 heavy (non-hydrogen) atoms. The van der Waals surface area contributed by atoms with Crippen molar-refractivity contribution in [2.75, 3.05) is 4.90 Å². The highest BCUT2D eigenvalue weighted by atomic mass is 35.5. The Morgan fingerprint density at radius 1 is 1.61 bits per heavy atom. The first-order valence-corrected chi connectivity index (χ1v) is 6.16. The number of benzene rings is 1. The Morgan fingerprint density at radius 3 is 2.89 bits per heavy atom. The van der Waals surface area contributed by atoms with Crippen LogP contribution < -0.4 is 9.74 Å². The SMILES string of the molecule is CC(=O)N1c2ccc(C#N)cc2[C@H](NCl)C[C@@H]1C. The van der Waals surface area contributed by atoms with E-state index in [0.717, 1.165) is 17.7 Å². The fourth-order valence-electron chi connectivity index (χ4n) is 2.52. The van der Waals surface area contributed by atoms with E-state index in [2.05, 4.69) is 10.9 Å². The highest BCUT2D eigenvalue weighted by Crippen LogP contribution is 2.37. The van der Waals surface area contributed by atoms with Gasteiger partial charge in [-0.1, -0.05) is 0 Å². The van der Waals surface area contributed by atoms with Crippen molar-refractivity contribution in [1.82, 2.24) is 4.84 Å². The van der Waals surface area contributed by atoms with Crippen LogP contribution in [-0.2, 0) is 4.79 Å². The van der Waals surface area contributed by atoms with Gasteiger partial charge in [-0.3, -0.25) is 4.79 Å². The van der Waals surface area contributed by atoms with Crippen LogP contribution in [0.1, 0.15) is 37.4 Å². The van der Waals surface area contributed by atoms with Crippen molar-refractivity contribution >= 4 is 23.4 Å². The molecule has 4 nitrogen and oxygen atoms in total. The molecule has 0 aromatic heterocycles. The summed E-state index contributed by atoms with van der Waals surface area (Å²) >= 11 is 5.76. The monoisotopic (exact) mass is 263 g/mol. The van der Waals surface area contributed by atoms with Crippen LogP contribution in [0.2, 0.25) is 0 Å². The van der Waals surface area contributed by atoms with Crippen LogP contribution in [-0.4, -0.2) is 11.9 Å². The molecule has 0 aliphatic carbocycles. The van der Waals surface area contributed by atoms with E-state index in [1.807, 2.05) is 13.0 Å². The second-order valence-corrected chi connectivity index (χ2v) is 4.74. The summed E-state index contributed by atoms with van der Waals surface area (Å²) in [5.41, 5.74) is 2.31. The standard InChI is InChI=1S/C13H14ClN3O/c1-8-5-12(16-14)11-6-10(7-15)3-4-13(11)17(8)9(2)18/h3-4,6,8,12,16H,5H2,1-2H3/t8-,12+/m0/s1. The predicted molar refractivity (Wildman–Crippen MR) is 70.1 cm³/mol. The lowest BCUT2D eigenvalue weighted by Crippen LogP contribution is -2.43. The van der Waals surface area contributed by atoms with E-state index in [0.29, 0.717) is 5.56 Å². The number of fused-ring (bicyclic) bond motifs is 1. The normalized spacial score (nSPS) is 22.2. The fraction of sp³-hybridized carbons (Fsp3) is 0.385. The first-order valence-electron chi connectivity index (χ1n) is 5.78. The Hall–Kier alpha value is -1.57. The number of amides is 1. The number of anilines is 1. The summed E-state index contributed by atoms with van der Waals surface area (Å²) in [5.74, 6) is 0.00137. The molecule has 1 aromatic rings. The van der Waals surface area contributed by atoms with E-state index in [1.165, 1.54) is 0 Å². The fourth-order valence-corrected chi connectivity index (χ4v) is 2.72. The minimum Gasteiger partial charge on any atom is -0.309 e. The van der Waals surface area contributed by atoms with Crippen LogP contribution in [0, 0.1) is 11.3 Å². The summed E-state index contributed by atoms with van der Waals surface area (Å²) in [6.07, 6.45) is 0.727. The molecule has 0 spiro atoms. The highest BCUT2D eigenvalue weighted by Gasteiger charge is 2.32. The number of nitriles is 1. The van der Waals surface area contributed by atoms with Crippen LogP contribution in [0.3, 0.4) is 0 Å². The summed E-state index contributed by atoms with van der Waals surface area (Å²) in [7, 11) is 0. The molecule has 1 aliphatic rings. The topological polar surface area (TPSA) is 56.1 Å². The van der Waals surface area contributed by atoms with Gasteiger partial charge in [-0.2, -0.15) is 5.26 Å². The smallest absolute Gasteiger partial charge is 0.224 e. The minimum absolute atomic E-state index is 0.00137. The number of hydrogen-bond acceptors (Lipinski definition) is 3. The Bertz CT molecular complexity index is 523. The van der Waals surface area contributed by atoms with Gasteiger partial charge in [-0.25, -0.2) is 4.84 Å². The average Bonchev–Trinajstić information content (AvgIpc) is 2.36. The van der Waals surface area contributed by atoms with Crippen LogP contribution in [0.15, 0.2) is 18.2 Å². The molecule has 0 bridgehead atoms. The molecule has 0 saturated heterocycles. The van der Waals surface area contributed by atoms with E-state index < -0.39 is 0 Å². The van der Waals surface area contributed by atoms with Crippen molar-refractivity contribution in [2.24, 2.45) is 0 Å². The van der Waals surface area contributed by atoms with Crippen molar-refractivity contribution < 1.29 is 4.79 Å². The summed E-state index contributed by atoms with van der Waals surface area (Å²) in [6.45, 7) is 3.54. The van der Waals surface area contributed by atoms with Gasteiger partial charge in [0.05, 0.1) is 17.7 Å². The molecule has 5 heteroatoms. The van der Waals surface area contributed by atoms with E-state index >= 15 is 0 Å². The zero-order valence-electron chi connectivity index (χ0n) is 10.3. The number of halogens is 1. The van der Waals surface area contributed by atoms with Gasteiger partial charge in [0, 0.05) is 18.7 Å². The van der Waals surface area contributed by atoms with Gasteiger partial charge < -0.3 is 4.90 Å². The van der Waals surface area contributed by atoms with Gasteiger partial charge in [0.1, 0.15) is 0 Å². The maximum atomic E-state index is 11.7. The zero-order valence-corrected chi connectivity index (χ0v) is 11.0. The third kappa shape index (κ3) is 2.07. The zero-order chi connectivity index (χ0) is 13.3. The van der Waals surface area contributed by atoms with Crippen LogP contribution in [0.5, 0.6) is 0 Å². The van der Waals surface area contributed by atoms with Crippen molar-refractivity contribution in [3.05, 3.63) is 29.3 Å². The van der Waals surface area contributed by atoms with Crippen molar-refractivity contribution in [3.8, 4) is 6.07 Å². The molecule has 0 unspecified atom stereocenters. The summed E-state index contributed by atoms with van der Waals surface area (Å²) in [6, 6.07) is 7.47. The number of hydrogen-bond donors (Lipinski definition) is 1. The minimum atomic E-state index is -0.0411. The van der Waals surface area contributed by atoms with E-state index in [9.17, 15) is 4.79 Å². The van der Waals surface area contributed by atoms with Crippen molar-refractivity contribution in [3.63, 3.8) is 0 Å². The molecule has 0 radical (unpaired) electrons. The largest absolute Gasteiger partial charge is 0.309 e. The lowest BCUT2D eigenvalue weighted by molar-refractivity contribution is -0.117. The molecule has 0 saturated carbocycles. The molecule has 2 rings (SSSR count). The molecule has 0 fully saturated rings. The lowest BCUT2D eigenvalue weighted by atomic mass is 9.91. The van der Waals surface area contributed by atoms with Crippen molar-refractivity contribution in [1.29, 1.82) is 5.26 Å². The predicted octanol–water partition coefficient (Wildman–Crippen LogP) is 2.49. The van der Waals surface area contributed by atoms with Gasteiger partial charge in [0.2, 0.25) is 5.91 Å². The Labute approximate surface area is 111 Å². The summed E-state index contributed by atoms with van der Waals surface area (Å²) < 4.78 is 0. The molecule has 1 heterocycles. The third-order valence-corrected chi connectivity index (χ3v) is 3.54. The molecule has 1 amide bonds. The number of rotatable bonds is 1. The van der Waals surface area contributed by atoms with Crippen LogP contribution in [0.4, 0.5) is 5.69 Å². The summed E-state index contributed by atoms with van der Waals surface area (Å²) in [4.78, 5) is 16.2. The Morgan fingerprint density at radius 2 is 2.33 bits per heavy atom. The lowest BCUT2D eigenvalue weighted by Gasteiger charge is -2.38. The number of carbonyl (C=O) groups excluding carboxylic acids is 1. The van der Waals surface area contributed by atoms with Gasteiger partial charge in [-0.15, -0.1) is 0 Å². The highest BCUT2D eigenvalue weighted by molar-refractivity contribution is 6.13. The maximum Gasteiger partial charge on any atom is 0.224 e. The van der Waals surface area contributed by atoms with Gasteiger partial charge in [0.25, 0.3) is 0 Å². The molecule has 1 aromatic carbocycles. The first kappa shape index (κ1) is 12.9. The van der Waals surface area contributed by atoms with Crippen LogP contribution >= 0.6 is 11.8 Å². The number of carbonyl (C=O) groups is 1. The second-order valence-electron chi connectivity index (χ2n) is 4.52. The number of nitrogens with one attached hydrogen (secondary N) is 1. The van der Waals surface area contributed by atoms with E-state index in [-0.39, 0.29) is 18.0 Å². The molecular formula is C13H14ClN3O. The van der Waals surface area contributed by atoms with E-state index in [4.69, 9.17) is 17.0 Å². The van der Waals surface area contributed by atoms with Gasteiger partial charge in [0.15, 0.2) is 0 Å². The Kier molecular flexibility index (Phi) is 3.55. The molecule has 94 valence electrons. The molecular weight excluding hydrogens is 250 g/mol. The third-order valence-electron chi connectivity index (χ3n) is 3.28. The quantitative estimate of drug-likeness (QED) is 0.792. The Balaban J connectivity index is 2.56. The number of nitrogens with zero attached hydrogens (tertiary/aromatic N) is 2. The first-order chi connectivity index (χ1) is 8.58. The molecule has 1 N–H and O–H groups in total. The second kappa shape index (κ2) is 4.97. The van der Waals surface area contributed by atoms with Crippen molar-refractivity contribution in [2.45, 2.75) is 32.4 Å². The average molecular weight is 264 g/mol. The molecule has 2 atom stereocenters.